The van der Waals surface area contributed by atoms with E-state index in [9.17, 15) is 0 Å². The average Bonchev–Trinajstić information content (AvgIpc) is 3.03. The summed E-state index contributed by atoms with van der Waals surface area (Å²) in [5.41, 5.74) is 1.78. The van der Waals surface area contributed by atoms with Gasteiger partial charge in [-0.1, -0.05) is 5.16 Å². The number of benzene rings is 1. The second-order valence-electron chi connectivity index (χ2n) is 5.58. The van der Waals surface area contributed by atoms with Crippen LogP contribution in [0.25, 0.3) is 0 Å². The molecule has 1 saturated heterocycles. The van der Waals surface area contributed by atoms with Crippen molar-refractivity contribution >= 4 is 21.6 Å². The first-order valence-electron chi connectivity index (χ1n) is 7.67. The van der Waals surface area contributed by atoms with Gasteiger partial charge in [0.05, 0.1) is 23.9 Å². The molecule has 1 aliphatic heterocycles. The Bertz CT molecular complexity index is 734. The van der Waals surface area contributed by atoms with Crippen molar-refractivity contribution in [3.05, 3.63) is 40.0 Å². The molecule has 0 radical (unpaired) electrons. The lowest BCUT2D eigenvalue weighted by atomic mass is 10.2. The first kappa shape index (κ1) is 16.9. The molecule has 2 heterocycles. The van der Waals surface area contributed by atoms with Crippen molar-refractivity contribution in [3.63, 3.8) is 0 Å². The molecule has 0 saturated carbocycles. The van der Waals surface area contributed by atoms with Crippen LogP contribution in [0.1, 0.15) is 17.3 Å². The summed E-state index contributed by atoms with van der Waals surface area (Å²) in [6.07, 6.45) is 0. The number of ether oxygens (including phenoxy) is 1. The lowest BCUT2D eigenvalue weighted by molar-refractivity contribution is 0.174. The van der Waals surface area contributed by atoms with Gasteiger partial charge in [0.15, 0.2) is 5.82 Å². The van der Waals surface area contributed by atoms with Crippen molar-refractivity contribution in [2.24, 2.45) is 0 Å². The van der Waals surface area contributed by atoms with Crippen LogP contribution in [0.3, 0.4) is 0 Å². The number of aromatic nitrogens is 2. The van der Waals surface area contributed by atoms with Crippen molar-refractivity contribution in [2.45, 2.75) is 13.2 Å². The number of anilines is 1. The Morgan fingerprint density at radius 2 is 2.12 bits per heavy atom. The second kappa shape index (κ2) is 7.75. The van der Waals surface area contributed by atoms with Gasteiger partial charge in [-0.15, -0.1) is 0 Å². The number of nitrogens with zero attached hydrogens (tertiary/aromatic N) is 5. The summed E-state index contributed by atoms with van der Waals surface area (Å²) < 4.78 is 11.2. The van der Waals surface area contributed by atoms with Crippen molar-refractivity contribution < 1.29 is 9.26 Å². The molecule has 0 unspecified atom stereocenters. The molecule has 2 aromatic rings. The molecule has 1 fully saturated rings. The summed E-state index contributed by atoms with van der Waals surface area (Å²) in [5.74, 6) is 1.20. The third-order valence-electron chi connectivity index (χ3n) is 3.93. The van der Waals surface area contributed by atoms with E-state index in [2.05, 4.69) is 41.9 Å². The fourth-order valence-corrected chi connectivity index (χ4v) is 3.34. The standard InChI is InChI=1S/C16H18BrN5O2/c1-23-11-15-19-16(24-20-15)10-21-4-6-22(7-5-21)14-3-2-12(9-18)8-13(14)17/h2-3,8H,4-7,10-11H2,1H3. The SMILES string of the molecule is COCc1noc(CN2CCN(c3ccc(C#N)cc3Br)CC2)n1. The van der Waals surface area contributed by atoms with E-state index >= 15 is 0 Å². The van der Waals surface area contributed by atoms with Gasteiger partial charge >= 0.3 is 0 Å². The molecule has 0 amide bonds. The molecule has 3 rings (SSSR count). The van der Waals surface area contributed by atoms with Gasteiger partial charge in [0.1, 0.15) is 6.61 Å². The van der Waals surface area contributed by atoms with Gasteiger partial charge in [0, 0.05) is 37.8 Å². The van der Waals surface area contributed by atoms with Crippen LogP contribution in [0.2, 0.25) is 0 Å². The molecule has 8 heteroatoms. The van der Waals surface area contributed by atoms with E-state index in [0.717, 1.165) is 36.3 Å². The molecule has 7 nitrogen and oxygen atoms in total. The maximum atomic E-state index is 8.95. The second-order valence-corrected chi connectivity index (χ2v) is 6.43. The van der Waals surface area contributed by atoms with E-state index in [1.165, 1.54) is 0 Å². The largest absolute Gasteiger partial charge is 0.377 e. The maximum Gasteiger partial charge on any atom is 0.240 e. The van der Waals surface area contributed by atoms with E-state index in [1.54, 1.807) is 7.11 Å². The number of methoxy groups -OCH3 is 1. The van der Waals surface area contributed by atoms with Crippen LogP contribution in [-0.2, 0) is 17.9 Å². The zero-order chi connectivity index (χ0) is 16.9. The lowest BCUT2D eigenvalue weighted by Crippen LogP contribution is -2.46. The number of hydrogen-bond acceptors (Lipinski definition) is 7. The zero-order valence-corrected chi connectivity index (χ0v) is 15.0. The molecule has 0 atom stereocenters. The predicted molar refractivity (Wildman–Crippen MR) is 91.4 cm³/mol. The molecule has 126 valence electrons. The molecule has 1 aromatic heterocycles. The van der Waals surface area contributed by atoms with Crippen molar-refractivity contribution in [1.82, 2.24) is 15.0 Å². The van der Waals surface area contributed by atoms with Crippen LogP contribution >= 0.6 is 15.9 Å². The number of piperazine rings is 1. The Morgan fingerprint density at radius 3 is 2.79 bits per heavy atom. The lowest BCUT2D eigenvalue weighted by Gasteiger charge is -2.35. The molecular formula is C16H18BrN5O2. The maximum absolute atomic E-state index is 8.95. The number of halogens is 1. The topological polar surface area (TPSA) is 78.4 Å². The first-order chi connectivity index (χ1) is 11.7. The normalized spacial score (nSPS) is 15.5. The molecule has 0 aliphatic carbocycles. The van der Waals surface area contributed by atoms with Crippen LogP contribution in [0.15, 0.2) is 27.2 Å². The summed E-state index contributed by atoms with van der Waals surface area (Å²) in [5, 5.41) is 12.8. The van der Waals surface area contributed by atoms with Gasteiger partial charge in [0.25, 0.3) is 0 Å². The highest BCUT2D eigenvalue weighted by Gasteiger charge is 2.20. The smallest absolute Gasteiger partial charge is 0.240 e. The van der Waals surface area contributed by atoms with E-state index in [4.69, 9.17) is 14.5 Å². The Balaban J connectivity index is 1.56. The molecule has 0 spiro atoms. The first-order valence-corrected chi connectivity index (χ1v) is 8.46. The number of nitriles is 1. The summed E-state index contributed by atoms with van der Waals surface area (Å²) in [7, 11) is 1.61. The highest BCUT2D eigenvalue weighted by Crippen LogP contribution is 2.28. The Labute approximate surface area is 148 Å². The van der Waals surface area contributed by atoms with Gasteiger partial charge in [-0.3, -0.25) is 4.90 Å². The molecule has 1 aliphatic rings. The highest BCUT2D eigenvalue weighted by molar-refractivity contribution is 9.10. The molecule has 24 heavy (non-hydrogen) atoms. The van der Waals surface area contributed by atoms with Crippen LogP contribution < -0.4 is 4.90 Å². The van der Waals surface area contributed by atoms with Crippen LogP contribution in [0.5, 0.6) is 0 Å². The molecule has 0 N–H and O–H groups in total. The average molecular weight is 392 g/mol. The summed E-state index contributed by atoms with van der Waals surface area (Å²) in [4.78, 5) is 8.91. The van der Waals surface area contributed by atoms with Gasteiger partial charge in [-0.05, 0) is 34.1 Å². The Hall–Kier alpha value is -1.95. The van der Waals surface area contributed by atoms with E-state index in [0.29, 0.717) is 30.4 Å². The summed E-state index contributed by atoms with van der Waals surface area (Å²) in [6.45, 7) is 4.65. The molecule has 1 aromatic carbocycles. The number of hydrogen-bond donors (Lipinski definition) is 0. The van der Waals surface area contributed by atoms with Gasteiger partial charge < -0.3 is 14.2 Å². The van der Waals surface area contributed by atoms with Crippen molar-refractivity contribution in [1.29, 1.82) is 5.26 Å². The third kappa shape index (κ3) is 3.93. The Morgan fingerprint density at radius 1 is 1.33 bits per heavy atom. The highest BCUT2D eigenvalue weighted by atomic mass is 79.9. The predicted octanol–water partition coefficient (Wildman–Crippen LogP) is 2.17. The summed E-state index contributed by atoms with van der Waals surface area (Å²) >= 11 is 3.56. The fraction of sp³-hybridized carbons (Fsp3) is 0.438. The zero-order valence-electron chi connectivity index (χ0n) is 13.4. The van der Waals surface area contributed by atoms with Gasteiger partial charge in [-0.25, -0.2) is 0 Å². The van der Waals surface area contributed by atoms with Gasteiger partial charge in [0.2, 0.25) is 5.89 Å². The number of rotatable bonds is 5. The van der Waals surface area contributed by atoms with E-state index in [-0.39, 0.29) is 0 Å². The Kier molecular flexibility index (Phi) is 5.45. The minimum Gasteiger partial charge on any atom is -0.377 e. The van der Waals surface area contributed by atoms with Crippen LogP contribution in [0.4, 0.5) is 5.69 Å². The molecule has 0 bridgehead atoms. The quantitative estimate of drug-likeness (QED) is 0.772. The monoisotopic (exact) mass is 391 g/mol. The van der Waals surface area contributed by atoms with E-state index < -0.39 is 0 Å². The molecular weight excluding hydrogens is 374 g/mol. The fourth-order valence-electron chi connectivity index (χ4n) is 2.71. The van der Waals surface area contributed by atoms with Crippen LogP contribution in [0, 0.1) is 11.3 Å². The van der Waals surface area contributed by atoms with Crippen molar-refractivity contribution in [2.75, 3.05) is 38.2 Å². The minimum absolute atomic E-state index is 0.365. The third-order valence-corrected chi connectivity index (χ3v) is 4.57. The van der Waals surface area contributed by atoms with E-state index in [1.807, 2.05) is 18.2 Å². The summed E-state index contributed by atoms with van der Waals surface area (Å²) in [6, 6.07) is 7.86. The van der Waals surface area contributed by atoms with Crippen LogP contribution in [-0.4, -0.2) is 48.3 Å². The van der Waals surface area contributed by atoms with Crippen molar-refractivity contribution in [3.8, 4) is 6.07 Å². The van der Waals surface area contributed by atoms with Gasteiger partial charge in [-0.2, -0.15) is 10.2 Å². The minimum atomic E-state index is 0.365.